The molecule has 0 bridgehead atoms. The number of halogens is 1. The van der Waals surface area contributed by atoms with Crippen LogP contribution >= 0.6 is 0 Å². The zero-order chi connectivity index (χ0) is 11.5. The van der Waals surface area contributed by atoms with Gasteiger partial charge in [0, 0.05) is 26.2 Å². The van der Waals surface area contributed by atoms with Crippen molar-refractivity contribution in [3.8, 4) is 11.5 Å². The second kappa shape index (κ2) is 4.57. The molecule has 1 fully saturated rings. The second-order valence-electron chi connectivity index (χ2n) is 3.69. The maximum atomic E-state index is 13.8. The van der Waals surface area contributed by atoms with E-state index < -0.39 is 5.82 Å². The van der Waals surface area contributed by atoms with Crippen LogP contribution in [0.3, 0.4) is 0 Å². The van der Waals surface area contributed by atoms with E-state index in [1.807, 2.05) is 4.90 Å². The van der Waals surface area contributed by atoms with Gasteiger partial charge >= 0.3 is 0 Å². The first-order valence-electron chi connectivity index (χ1n) is 5.25. The lowest BCUT2D eigenvalue weighted by Gasteiger charge is -2.30. The van der Waals surface area contributed by atoms with Crippen LogP contribution in [0.15, 0.2) is 12.1 Å². The molecule has 88 valence electrons. The fraction of sp³-hybridized carbons (Fsp3) is 0.455. The van der Waals surface area contributed by atoms with Crippen molar-refractivity contribution >= 4 is 5.69 Å². The van der Waals surface area contributed by atoms with Gasteiger partial charge in [-0.1, -0.05) is 0 Å². The quantitative estimate of drug-likeness (QED) is 0.788. The first-order valence-corrected chi connectivity index (χ1v) is 5.25. The molecular formula is C11H15FN2O2. The Morgan fingerprint density at radius 3 is 2.69 bits per heavy atom. The highest BCUT2D eigenvalue weighted by molar-refractivity contribution is 5.63. The van der Waals surface area contributed by atoms with Crippen LogP contribution < -0.4 is 15.0 Å². The van der Waals surface area contributed by atoms with Crippen LogP contribution in [0.25, 0.3) is 0 Å². The molecule has 0 amide bonds. The summed E-state index contributed by atoms with van der Waals surface area (Å²) in [5.41, 5.74) is 0.351. The van der Waals surface area contributed by atoms with E-state index in [4.69, 9.17) is 4.74 Å². The highest BCUT2D eigenvalue weighted by Gasteiger charge is 2.21. The summed E-state index contributed by atoms with van der Waals surface area (Å²) in [5.74, 6) is -0.493. The summed E-state index contributed by atoms with van der Waals surface area (Å²) in [4.78, 5) is 1.88. The van der Waals surface area contributed by atoms with Gasteiger partial charge in [0.15, 0.2) is 11.6 Å². The van der Waals surface area contributed by atoms with Gasteiger partial charge in [-0.3, -0.25) is 0 Å². The average molecular weight is 226 g/mol. The summed E-state index contributed by atoms with van der Waals surface area (Å²) in [6, 6.07) is 2.88. The highest BCUT2D eigenvalue weighted by atomic mass is 19.1. The summed E-state index contributed by atoms with van der Waals surface area (Å²) in [6.07, 6.45) is 0. The molecular weight excluding hydrogens is 211 g/mol. The van der Waals surface area contributed by atoms with Gasteiger partial charge in [-0.15, -0.1) is 0 Å². The molecule has 2 rings (SSSR count). The lowest BCUT2D eigenvalue weighted by molar-refractivity contribution is 0.397. The lowest BCUT2D eigenvalue weighted by Crippen LogP contribution is -2.44. The smallest absolute Gasteiger partial charge is 0.191 e. The molecule has 2 N–H and O–H groups in total. The lowest BCUT2D eigenvalue weighted by atomic mass is 10.2. The number of hydrogen-bond acceptors (Lipinski definition) is 4. The molecule has 0 unspecified atom stereocenters. The molecule has 5 heteroatoms. The van der Waals surface area contributed by atoms with E-state index in [0.29, 0.717) is 24.5 Å². The molecule has 1 aliphatic rings. The molecule has 1 aliphatic heterocycles. The molecule has 1 heterocycles. The average Bonchev–Trinajstić information content (AvgIpc) is 2.33. The van der Waals surface area contributed by atoms with E-state index in [0.717, 1.165) is 13.1 Å². The van der Waals surface area contributed by atoms with Gasteiger partial charge in [0.2, 0.25) is 0 Å². The molecule has 1 aromatic carbocycles. The number of ether oxygens (including phenoxy) is 1. The molecule has 0 atom stereocenters. The van der Waals surface area contributed by atoms with Crippen molar-refractivity contribution in [1.29, 1.82) is 0 Å². The van der Waals surface area contributed by atoms with Gasteiger partial charge in [0.1, 0.15) is 11.4 Å². The third-order valence-corrected chi connectivity index (χ3v) is 2.71. The minimum atomic E-state index is -0.610. The van der Waals surface area contributed by atoms with Gasteiger partial charge in [-0.05, 0) is 12.1 Å². The largest absolute Gasteiger partial charge is 0.505 e. The summed E-state index contributed by atoms with van der Waals surface area (Å²) in [6.45, 7) is 3.02. The van der Waals surface area contributed by atoms with Crippen LogP contribution in [0, 0.1) is 5.82 Å². The van der Waals surface area contributed by atoms with Crippen molar-refractivity contribution in [3.05, 3.63) is 17.9 Å². The van der Waals surface area contributed by atoms with Gasteiger partial charge in [-0.2, -0.15) is 0 Å². The Morgan fingerprint density at radius 2 is 2.06 bits per heavy atom. The summed E-state index contributed by atoms with van der Waals surface area (Å²) >= 11 is 0. The maximum absolute atomic E-state index is 13.8. The van der Waals surface area contributed by atoms with Crippen molar-refractivity contribution in [2.24, 2.45) is 0 Å². The summed E-state index contributed by atoms with van der Waals surface area (Å²) in [5, 5.41) is 12.6. The number of anilines is 1. The second-order valence-corrected chi connectivity index (χ2v) is 3.69. The molecule has 0 aromatic heterocycles. The van der Waals surface area contributed by atoms with Crippen molar-refractivity contribution in [2.75, 3.05) is 38.2 Å². The number of phenols is 1. The number of piperazine rings is 1. The monoisotopic (exact) mass is 226 g/mol. The van der Waals surface area contributed by atoms with Crippen molar-refractivity contribution in [3.63, 3.8) is 0 Å². The number of phenolic OH excluding ortho intramolecular Hbond substituents is 1. The Morgan fingerprint density at radius 1 is 1.38 bits per heavy atom. The molecule has 1 aromatic rings. The Kier molecular flexibility index (Phi) is 3.14. The van der Waals surface area contributed by atoms with E-state index in [2.05, 4.69) is 5.32 Å². The van der Waals surface area contributed by atoms with Crippen molar-refractivity contribution < 1.29 is 14.2 Å². The first kappa shape index (κ1) is 11.0. The van der Waals surface area contributed by atoms with Crippen LogP contribution in [-0.2, 0) is 0 Å². The number of nitrogens with one attached hydrogen (secondary N) is 1. The SMILES string of the molecule is COc1ccc(O)c(F)c1N1CCNCC1. The Labute approximate surface area is 93.6 Å². The Bertz CT molecular complexity index is 378. The minimum absolute atomic E-state index is 0.339. The first-order chi connectivity index (χ1) is 7.74. The third-order valence-electron chi connectivity index (χ3n) is 2.71. The van der Waals surface area contributed by atoms with Crippen molar-refractivity contribution in [2.45, 2.75) is 0 Å². The topological polar surface area (TPSA) is 44.7 Å². The van der Waals surface area contributed by atoms with E-state index in [9.17, 15) is 9.50 Å². The summed E-state index contributed by atoms with van der Waals surface area (Å²) < 4.78 is 19.0. The van der Waals surface area contributed by atoms with E-state index in [-0.39, 0.29) is 5.75 Å². The van der Waals surface area contributed by atoms with E-state index in [1.165, 1.54) is 13.2 Å². The fourth-order valence-electron chi connectivity index (χ4n) is 1.88. The number of rotatable bonds is 2. The van der Waals surface area contributed by atoms with Crippen LogP contribution in [0.2, 0.25) is 0 Å². The Balaban J connectivity index is 2.39. The fourth-order valence-corrected chi connectivity index (χ4v) is 1.88. The van der Waals surface area contributed by atoms with Gasteiger partial charge in [-0.25, -0.2) is 4.39 Å². The van der Waals surface area contributed by atoms with Crippen LogP contribution in [-0.4, -0.2) is 38.4 Å². The standard InChI is InChI=1S/C11H15FN2O2/c1-16-9-3-2-8(15)10(12)11(9)14-6-4-13-5-7-14/h2-3,13,15H,4-7H2,1H3. The predicted octanol–water partition coefficient (Wildman–Crippen LogP) is 0.949. The maximum Gasteiger partial charge on any atom is 0.191 e. The van der Waals surface area contributed by atoms with Crippen LogP contribution in [0.1, 0.15) is 0 Å². The highest BCUT2D eigenvalue weighted by Crippen LogP contribution is 2.36. The number of nitrogens with zero attached hydrogens (tertiary/aromatic N) is 1. The number of methoxy groups -OCH3 is 1. The molecule has 16 heavy (non-hydrogen) atoms. The van der Waals surface area contributed by atoms with Gasteiger partial charge in [0.05, 0.1) is 7.11 Å². The number of hydrogen-bond donors (Lipinski definition) is 2. The third kappa shape index (κ3) is 1.90. The van der Waals surface area contributed by atoms with Gasteiger partial charge < -0.3 is 20.1 Å². The zero-order valence-corrected chi connectivity index (χ0v) is 9.16. The molecule has 0 spiro atoms. The van der Waals surface area contributed by atoms with E-state index >= 15 is 0 Å². The molecule has 1 saturated heterocycles. The molecule has 4 nitrogen and oxygen atoms in total. The summed E-state index contributed by atoms with van der Waals surface area (Å²) in [7, 11) is 1.50. The number of benzene rings is 1. The predicted molar refractivity (Wildman–Crippen MR) is 59.7 cm³/mol. The minimum Gasteiger partial charge on any atom is -0.505 e. The van der Waals surface area contributed by atoms with Crippen LogP contribution in [0.4, 0.5) is 10.1 Å². The zero-order valence-electron chi connectivity index (χ0n) is 9.16. The molecule has 0 saturated carbocycles. The molecule has 0 aliphatic carbocycles. The van der Waals surface area contributed by atoms with E-state index in [1.54, 1.807) is 6.07 Å². The molecule has 0 radical (unpaired) electrons. The van der Waals surface area contributed by atoms with Crippen LogP contribution in [0.5, 0.6) is 11.5 Å². The van der Waals surface area contributed by atoms with Crippen molar-refractivity contribution in [1.82, 2.24) is 5.32 Å². The number of aromatic hydroxyl groups is 1. The normalized spacial score (nSPS) is 16.2. The van der Waals surface area contributed by atoms with Gasteiger partial charge in [0.25, 0.3) is 0 Å². The Hall–Kier alpha value is -1.49.